The number of rotatable bonds is 6. The van der Waals surface area contributed by atoms with Crippen LogP contribution in [0.15, 0.2) is 36.4 Å². The summed E-state index contributed by atoms with van der Waals surface area (Å²) in [6, 6.07) is 10.7. The largest absolute Gasteiger partial charge is 0.481 e. The highest BCUT2D eigenvalue weighted by Crippen LogP contribution is 2.39. The minimum absolute atomic E-state index is 0.254. The predicted octanol–water partition coefficient (Wildman–Crippen LogP) is 2.48. The molecule has 1 aromatic carbocycles. The van der Waals surface area contributed by atoms with Crippen molar-refractivity contribution in [2.24, 2.45) is 0 Å². The van der Waals surface area contributed by atoms with Crippen molar-refractivity contribution in [3.05, 3.63) is 47.7 Å². The summed E-state index contributed by atoms with van der Waals surface area (Å²) in [6.45, 7) is 0. The standard InChI is InChI=1S/C16H17N3O3/c20-15(21)8-12(10-4-2-1-3-5-10)16(22)17-14-9-13(18-19-14)11-6-7-11/h1-5,9,11-12H,6-8H2,(H,20,21)(H2,17,18,19,22)/t12-/m0/s1. The molecule has 0 unspecified atom stereocenters. The molecule has 1 heterocycles. The number of carbonyl (C=O) groups excluding carboxylic acids is 1. The van der Waals surface area contributed by atoms with E-state index in [1.54, 1.807) is 24.3 Å². The Bertz CT molecular complexity index is 677. The summed E-state index contributed by atoms with van der Waals surface area (Å²) in [5.74, 6) is -1.15. The van der Waals surface area contributed by atoms with Crippen LogP contribution < -0.4 is 5.32 Å². The first-order valence-electron chi connectivity index (χ1n) is 7.26. The highest BCUT2D eigenvalue weighted by Gasteiger charge is 2.27. The van der Waals surface area contributed by atoms with E-state index in [1.807, 2.05) is 12.1 Å². The van der Waals surface area contributed by atoms with Crippen molar-refractivity contribution in [1.82, 2.24) is 10.2 Å². The van der Waals surface area contributed by atoms with Gasteiger partial charge >= 0.3 is 5.97 Å². The Morgan fingerprint density at radius 1 is 1.32 bits per heavy atom. The van der Waals surface area contributed by atoms with Gasteiger partial charge in [0, 0.05) is 17.7 Å². The first-order valence-corrected chi connectivity index (χ1v) is 7.26. The van der Waals surface area contributed by atoms with Gasteiger partial charge in [-0.15, -0.1) is 0 Å². The lowest BCUT2D eigenvalue weighted by molar-refractivity contribution is -0.139. The highest BCUT2D eigenvalue weighted by atomic mass is 16.4. The quantitative estimate of drug-likeness (QED) is 0.763. The van der Waals surface area contributed by atoms with E-state index in [9.17, 15) is 9.59 Å². The Balaban J connectivity index is 1.74. The monoisotopic (exact) mass is 299 g/mol. The van der Waals surface area contributed by atoms with E-state index in [4.69, 9.17) is 5.11 Å². The average molecular weight is 299 g/mol. The maximum atomic E-state index is 12.4. The van der Waals surface area contributed by atoms with Gasteiger partial charge in [0.15, 0.2) is 5.82 Å². The van der Waals surface area contributed by atoms with E-state index in [1.165, 1.54) is 0 Å². The maximum absolute atomic E-state index is 12.4. The summed E-state index contributed by atoms with van der Waals surface area (Å²) in [5.41, 5.74) is 1.70. The lowest BCUT2D eigenvalue weighted by Gasteiger charge is -2.14. The minimum Gasteiger partial charge on any atom is -0.481 e. The van der Waals surface area contributed by atoms with Gasteiger partial charge in [-0.1, -0.05) is 30.3 Å². The molecule has 6 heteroatoms. The number of hydrogen-bond donors (Lipinski definition) is 3. The molecule has 1 amide bonds. The van der Waals surface area contributed by atoms with Crippen molar-refractivity contribution < 1.29 is 14.7 Å². The first kappa shape index (κ1) is 14.3. The van der Waals surface area contributed by atoms with Crippen molar-refractivity contribution in [3.8, 4) is 0 Å². The fourth-order valence-corrected chi connectivity index (χ4v) is 2.44. The van der Waals surface area contributed by atoms with Gasteiger partial charge in [-0.25, -0.2) is 0 Å². The van der Waals surface area contributed by atoms with Crippen LogP contribution in [0.3, 0.4) is 0 Å². The zero-order valence-electron chi connectivity index (χ0n) is 12.0. The molecule has 1 fully saturated rings. The third-order valence-electron chi connectivity index (χ3n) is 3.76. The summed E-state index contributed by atoms with van der Waals surface area (Å²) in [5, 5.41) is 18.7. The summed E-state index contributed by atoms with van der Waals surface area (Å²) in [4.78, 5) is 23.5. The number of carboxylic acids is 1. The Hall–Kier alpha value is -2.63. The molecule has 6 nitrogen and oxygen atoms in total. The van der Waals surface area contributed by atoms with Gasteiger partial charge in [-0.3, -0.25) is 14.7 Å². The zero-order chi connectivity index (χ0) is 15.5. The topological polar surface area (TPSA) is 95.1 Å². The SMILES string of the molecule is O=C(O)C[C@H](C(=O)Nc1cc(C2CC2)[nH]n1)c1ccccc1. The van der Waals surface area contributed by atoms with Crippen LogP contribution in [-0.4, -0.2) is 27.2 Å². The number of H-pyrrole nitrogens is 1. The number of anilines is 1. The number of carboxylic acid groups (broad SMARTS) is 1. The summed E-state index contributed by atoms with van der Waals surface area (Å²) >= 11 is 0. The molecule has 0 aliphatic heterocycles. The smallest absolute Gasteiger partial charge is 0.304 e. The van der Waals surface area contributed by atoms with E-state index in [0.717, 1.165) is 18.5 Å². The van der Waals surface area contributed by atoms with Crippen molar-refractivity contribution in [2.75, 3.05) is 5.32 Å². The van der Waals surface area contributed by atoms with Gasteiger partial charge in [0.1, 0.15) is 0 Å². The zero-order valence-corrected chi connectivity index (χ0v) is 12.0. The molecule has 22 heavy (non-hydrogen) atoms. The van der Waals surface area contributed by atoms with Crippen molar-refractivity contribution in [3.63, 3.8) is 0 Å². The third-order valence-corrected chi connectivity index (χ3v) is 3.76. The van der Waals surface area contributed by atoms with Gasteiger partial charge < -0.3 is 10.4 Å². The van der Waals surface area contributed by atoms with Gasteiger partial charge in [0.25, 0.3) is 0 Å². The Morgan fingerprint density at radius 2 is 2.05 bits per heavy atom. The molecule has 2 aromatic rings. The molecule has 1 aliphatic carbocycles. The minimum atomic E-state index is -1.01. The molecule has 1 aliphatic rings. The number of nitrogens with one attached hydrogen (secondary N) is 2. The number of benzene rings is 1. The van der Waals surface area contributed by atoms with Crippen LogP contribution in [-0.2, 0) is 9.59 Å². The average Bonchev–Trinajstić information content (AvgIpc) is 3.26. The number of carbonyl (C=O) groups is 2. The number of aromatic nitrogens is 2. The third kappa shape index (κ3) is 3.33. The second-order valence-corrected chi connectivity index (χ2v) is 5.53. The normalized spacial score (nSPS) is 15.3. The van der Waals surface area contributed by atoms with E-state index in [-0.39, 0.29) is 12.3 Å². The molecule has 3 N–H and O–H groups in total. The van der Waals surface area contributed by atoms with Gasteiger partial charge in [-0.2, -0.15) is 5.10 Å². The van der Waals surface area contributed by atoms with Crippen LogP contribution in [0.4, 0.5) is 5.82 Å². The predicted molar refractivity (Wildman–Crippen MR) is 80.6 cm³/mol. The Kier molecular flexibility index (Phi) is 3.91. The lowest BCUT2D eigenvalue weighted by Crippen LogP contribution is -2.23. The Labute approximate surface area is 127 Å². The van der Waals surface area contributed by atoms with Crippen LogP contribution in [0.25, 0.3) is 0 Å². The number of hydrogen-bond acceptors (Lipinski definition) is 3. The van der Waals surface area contributed by atoms with Crippen molar-refractivity contribution in [2.45, 2.75) is 31.1 Å². The molecular formula is C16H17N3O3. The summed E-state index contributed by atoms with van der Waals surface area (Å²) in [7, 11) is 0. The van der Waals surface area contributed by atoms with E-state index in [2.05, 4.69) is 15.5 Å². The Morgan fingerprint density at radius 3 is 2.68 bits per heavy atom. The molecule has 0 radical (unpaired) electrons. The molecule has 0 bridgehead atoms. The van der Waals surface area contributed by atoms with Crippen LogP contribution in [0.5, 0.6) is 0 Å². The van der Waals surface area contributed by atoms with Gasteiger partial charge in [0.05, 0.1) is 12.3 Å². The molecule has 0 saturated heterocycles. The molecule has 3 rings (SSSR count). The number of aromatic amines is 1. The van der Waals surface area contributed by atoms with E-state index < -0.39 is 11.9 Å². The van der Waals surface area contributed by atoms with Crippen molar-refractivity contribution in [1.29, 1.82) is 0 Å². The molecule has 1 aromatic heterocycles. The van der Waals surface area contributed by atoms with Crippen LogP contribution in [0.1, 0.15) is 42.4 Å². The molecular weight excluding hydrogens is 282 g/mol. The number of aliphatic carboxylic acids is 1. The first-order chi connectivity index (χ1) is 10.6. The lowest BCUT2D eigenvalue weighted by atomic mass is 9.95. The fourth-order valence-electron chi connectivity index (χ4n) is 2.44. The molecule has 1 saturated carbocycles. The maximum Gasteiger partial charge on any atom is 0.304 e. The van der Waals surface area contributed by atoms with E-state index in [0.29, 0.717) is 17.3 Å². The number of nitrogens with zero attached hydrogens (tertiary/aromatic N) is 1. The van der Waals surface area contributed by atoms with E-state index >= 15 is 0 Å². The highest BCUT2D eigenvalue weighted by molar-refractivity contribution is 5.97. The van der Waals surface area contributed by atoms with Gasteiger partial charge in [0.2, 0.25) is 5.91 Å². The molecule has 0 spiro atoms. The van der Waals surface area contributed by atoms with Crippen LogP contribution in [0, 0.1) is 0 Å². The van der Waals surface area contributed by atoms with Gasteiger partial charge in [-0.05, 0) is 18.4 Å². The van der Waals surface area contributed by atoms with Crippen LogP contribution in [0.2, 0.25) is 0 Å². The summed E-state index contributed by atoms with van der Waals surface area (Å²) in [6.07, 6.45) is 2.03. The fraction of sp³-hybridized carbons (Fsp3) is 0.312. The number of amides is 1. The second-order valence-electron chi connectivity index (χ2n) is 5.53. The molecule has 1 atom stereocenters. The second kappa shape index (κ2) is 6.01. The van der Waals surface area contributed by atoms with Crippen LogP contribution >= 0.6 is 0 Å². The molecule has 114 valence electrons. The summed E-state index contributed by atoms with van der Waals surface area (Å²) < 4.78 is 0. The van der Waals surface area contributed by atoms with Crippen molar-refractivity contribution >= 4 is 17.7 Å².